The van der Waals surface area contributed by atoms with Crippen molar-refractivity contribution in [2.45, 2.75) is 25.8 Å². The van der Waals surface area contributed by atoms with Crippen molar-refractivity contribution in [3.05, 3.63) is 95.6 Å². The van der Waals surface area contributed by atoms with Crippen molar-refractivity contribution >= 4 is 22.7 Å². The third-order valence-corrected chi connectivity index (χ3v) is 6.67. The van der Waals surface area contributed by atoms with Gasteiger partial charge in [-0.05, 0) is 40.8 Å². The normalized spacial score (nSPS) is 20.5. The number of carbonyl (C=O) groups excluding carboxylic acids is 2. The van der Waals surface area contributed by atoms with E-state index in [9.17, 15) is 9.59 Å². The Balaban J connectivity index is 1.25. The molecule has 2 aliphatic rings. The van der Waals surface area contributed by atoms with E-state index in [-0.39, 0.29) is 11.8 Å². The van der Waals surface area contributed by atoms with E-state index in [1.165, 1.54) is 11.6 Å². The monoisotopic (exact) mass is 456 g/mol. The second kappa shape index (κ2) is 9.79. The van der Waals surface area contributed by atoms with E-state index in [1.54, 1.807) is 0 Å². The van der Waals surface area contributed by atoms with Gasteiger partial charge in [-0.15, -0.1) is 0 Å². The molecule has 3 aromatic rings. The predicted molar refractivity (Wildman–Crippen MR) is 129 cm³/mol. The standard InChI is InChI=1S/C28H28N2O4/c1-20(24-13-7-11-23-10-5-6-12-25(23)24)26-16-27(31)33-30(34-28(26)32)19-22-14-15-29(18-22)17-21-8-3-2-4-9-21/h2-13,16,20,22H,14-15,17-19H2,1H3/t20?,22-/m0/s1. The van der Waals surface area contributed by atoms with Gasteiger partial charge in [0, 0.05) is 30.3 Å². The molecule has 174 valence electrons. The third kappa shape index (κ3) is 4.88. The van der Waals surface area contributed by atoms with E-state index < -0.39 is 11.9 Å². The molecule has 34 heavy (non-hydrogen) atoms. The minimum Gasteiger partial charge on any atom is -0.329 e. The summed E-state index contributed by atoms with van der Waals surface area (Å²) < 4.78 is 0. The number of carbonyl (C=O) groups is 2. The second-order valence-corrected chi connectivity index (χ2v) is 9.07. The highest BCUT2D eigenvalue weighted by Crippen LogP contribution is 2.32. The summed E-state index contributed by atoms with van der Waals surface area (Å²) in [6.07, 6.45) is 2.22. The van der Waals surface area contributed by atoms with E-state index in [2.05, 4.69) is 17.0 Å². The average molecular weight is 457 g/mol. The number of benzene rings is 3. The fraction of sp³-hybridized carbons (Fsp3) is 0.286. The average Bonchev–Trinajstić information content (AvgIpc) is 3.22. The van der Waals surface area contributed by atoms with E-state index in [1.807, 2.05) is 67.6 Å². The summed E-state index contributed by atoms with van der Waals surface area (Å²) in [5, 5.41) is 3.20. The maximum atomic E-state index is 13.0. The first kappa shape index (κ1) is 22.3. The first-order valence-corrected chi connectivity index (χ1v) is 11.7. The largest absolute Gasteiger partial charge is 0.357 e. The quantitative estimate of drug-likeness (QED) is 0.539. The zero-order valence-corrected chi connectivity index (χ0v) is 19.2. The summed E-state index contributed by atoms with van der Waals surface area (Å²) in [7, 11) is 0. The molecule has 0 aromatic heterocycles. The molecule has 0 saturated carbocycles. The van der Waals surface area contributed by atoms with Crippen LogP contribution in [0.5, 0.6) is 0 Å². The lowest BCUT2D eigenvalue weighted by Gasteiger charge is -2.22. The highest BCUT2D eigenvalue weighted by Gasteiger charge is 2.33. The zero-order chi connectivity index (χ0) is 23.5. The van der Waals surface area contributed by atoms with Crippen LogP contribution in [0.25, 0.3) is 10.8 Å². The first-order valence-electron chi connectivity index (χ1n) is 11.7. The summed E-state index contributed by atoms with van der Waals surface area (Å²) >= 11 is 0. The third-order valence-electron chi connectivity index (χ3n) is 6.67. The molecule has 0 bridgehead atoms. The van der Waals surface area contributed by atoms with Gasteiger partial charge in [0.1, 0.15) is 0 Å². The van der Waals surface area contributed by atoms with Crippen LogP contribution in [0.3, 0.4) is 0 Å². The van der Waals surface area contributed by atoms with Crippen molar-refractivity contribution in [3.63, 3.8) is 0 Å². The van der Waals surface area contributed by atoms with Gasteiger partial charge in [0.05, 0.1) is 12.1 Å². The Labute approximate surface area is 199 Å². The SMILES string of the molecule is CC(C1=CC(=O)ON(C[C@H]2CCN(Cc3ccccc3)C2)OC1=O)c1cccc2ccccc12. The number of likely N-dealkylation sites (tertiary alicyclic amines) is 1. The van der Waals surface area contributed by atoms with E-state index in [4.69, 9.17) is 9.68 Å². The van der Waals surface area contributed by atoms with Crippen LogP contribution in [-0.4, -0.2) is 41.7 Å². The van der Waals surface area contributed by atoms with Gasteiger partial charge in [-0.25, -0.2) is 9.59 Å². The number of nitrogens with zero attached hydrogens (tertiary/aromatic N) is 2. The fourth-order valence-corrected chi connectivity index (χ4v) is 4.91. The van der Waals surface area contributed by atoms with Crippen molar-refractivity contribution in [2.75, 3.05) is 19.6 Å². The summed E-state index contributed by atoms with van der Waals surface area (Å²) in [6, 6.07) is 24.3. The van der Waals surface area contributed by atoms with Crippen LogP contribution in [0, 0.1) is 5.92 Å². The minimum absolute atomic E-state index is 0.237. The molecule has 2 aliphatic heterocycles. The first-order chi connectivity index (χ1) is 16.6. The van der Waals surface area contributed by atoms with Gasteiger partial charge in [0.25, 0.3) is 0 Å². The van der Waals surface area contributed by atoms with Crippen molar-refractivity contribution in [1.82, 2.24) is 10.1 Å². The maximum Gasteiger partial charge on any atom is 0.357 e. The van der Waals surface area contributed by atoms with E-state index >= 15 is 0 Å². The van der Waals surface area contributed by atoms with Crippen LogP contribution in [-0.2, 0) is 25.8 Å². The number of hydrogen-bond acceptors (Lipinski definition) is 6. The van der Waals surface area contributed by atoms with Crippen LogP contribution in [0.15, 0.2) is 84.4 Å². The van der Waals surface area contributed by atoms with Gasteiger partial charge >= 0.3 is 11.9 Å². The highest BCUT2D eigenvalue weighted by atomic mass is 17.0. The van der Waals surface area contributed by atoms with Crippen LogP contribution in [0.2, 0.25) is 0 Å². The van der Waals surface area contributed by atoms with Crippen molar-refractivity contribution in [3.8, 4) is 0 Å². The van der Waals surface area contributed by atoms with Gasteiger partial charge in [-0.2, -0.15) is 0 Å². The Morgan fingerprint density at radius 3 is 2.56 bits per heavy atom. The van der Waals surface area contributed by atoms with Crippen LogP contribution in [0.1, 0.15) is 30.4 Å². The predicted octanol–water partition coefficient (Wildman–Crippen LogP) is 4.62. The molecule has 0 amide bonds. The fourth-order valence-electron chi connectivity index (χ4n) is 4.91. The van der Waals surface area contributed by atoms with Gasteiger partial charge in [0.15, 0.2) is 0 Å². The Morgan fingerprint density at radius 1 is 0.941 bits per heavy atom. The molecule has 0 radical (unpaired) electrons. The Hall–Kier alpha value is -3.48. The molecule has 6 heteroatoms. The molecular weight excluding hydrogens is 428 g/mol. The summed E-state index contributed by atoms with van der Waals surface area (Å²) in [4.78, 5) is 38.8. The molecule has 3 aromatic carbocycles. The molecule has 1 unspecified atom stereocenters. The van der Waals surface area contributed by atoms with Crippen molar-refractivity contribution in [1.29, 1.82) is 0 Å². The molecule has 1 fully saturated rings. The van der Waals surface area contributed by atoms with Crippen molar-refractivity contribution < 1.29 is 19.3 Å². The summed E-state index contributed by atoms with van der Waals surface area (Å²) in [6.45, 7) is 4.96. The van der Waals surface area contributed by atoms with Gasteiger partial charge in [-0.1, -0.05) is 79.7 Å². The highest BCUT2D eigenvalue weighted by molar-refractivity contribution is 5.99. The smallest absolute Gasteiger partial charge is 0.329 e. The number of hydroxylamine groups is 2. The molecule has 0 spiro atoms. The Morgan fingerprint density at radius 2 is 1.71 bits per heavy atom. The lowest BCUT2D eigenvalue weighted by Crippen LogP contribution is -2.34. The van der Waals surface area contributed by atoms with Gasteiger partial charge < -0.3 is 9.68 Å². The summed E-state index contributed by atoms with van der Waals surface area (Å²) in [5.41, 5.74) is 2.53. The van der Waals surface area contributed by atoms with Crippen LogP contribution in [0.4, 0.5) is 0 Å². The van der Waals surface area contributed by atoms with Gasteiger partial charge in [0.2, 0.25) is 0 Å². The van der Waals surface area contributed by atoms with Crippen LogP contribution < -0.4 is 0 Å². The second-order valence-electron chi connectivity index (χ2n) is 9.07. The maximum absolute atomic E-state index is 13.0. The molecule has 6 nitrogen and oxygen atoms in total. The minimum atomic E-state index is -0.591. The molecule has 5 rings (SSSR count). The van der Waals surface area contributed by atoms with Crippen LogP contribution >= 0.6 is 0 Å². The topological polar surface area (TPSA) is 59.1 Å². The molecule has 0 N–H and O–H groups in total. The molecular formula is C28H28N2O4. The Kier molecular flexibility index (Phi) is 6.43. The Bertz CT molecular complexity index is 1220. The molecule has 1 saturated heterocycles. The van der Waals surface area contributed by atoms with E-state index in [0.717, 1.165) is 47.6 Å². The zero-order valence-electron chi connectivity index (χ0n) is 19.2. The number of rotatable bonds is 6. The molecule has 0 aliphatic carbocycles. The van der Waals surface area contributed by atoms with E-state index in [0.29, 0.717) is 12.1 Å². The number of hydrogen-bond donors (Lipinski definition) is 0. The van der Waals surface area contributed by atoms with Crippen molar-refractivity contribution in [2.24, 2.45) is 5.92 Å². The summed E-state index contributed by atoms with van der Waals surface area (Å²) in [5.74, 6) is -1.22. The lowest BCUT2D eigenvalue weighted by molar-refractivity contribution is -0.322. The molecule has 2 atom stereocenters. The lowest BCUT2D eigenvalue weighted by atomic mass is 9.89. The molecule has 2 heterocycles. The number of fused-ring (bicyclic) bond motifs is 1. The van der Waals surface area contributed by atoms with Gasteiger partial charge in [-0.3, -0.25) is 4.90 Å².